The molecule has 0 unspecified atom stereocenters. The maximum absolute atomic E-state index is 16.1. The van der Waals surface area contributed by atoms with Crippen LogP contribution in [-0.4, -0.2) is 44.7 Å². The van der Waals surface area contributed by atoms with E-state index in [4.69, 9.17) is 0 Å². The van der Waals surface area contributed by atoms with Crippen molar-refractivity contribution in [3.63, 3.8) is 0 Å². The fourth-order valence-corrected chi connectivity index (χ4v) is 6.55. The number of nitrogens with zero attached hydrogens (tertiary/aromatic N) is 4. The lowest BCUT2D eigenvalue weighted by molar-refractivity contribution is 0.0671. The van der Waals surface area contributed by atoms with Crippen molar-refractivity contribution in [3.8, 4) is 5.69 Å². The van der Waals surface area contributed by atoms with Crippen LogP contribution in [0.1, 0.15) is 30.5 Å². The molecule has 0 saturated heterocycles. The van der Waals surface area contributed by atoms with Crippen LogP contribution in [0, 0.1) is 11.2 Å². The second kappa shape index (κ2) is 7.08. The van der Waals surface area contributed by atoms with Crippen LogP contribution in [0.25, 0.3) is 11.8 Å². The fraction of sp³-hybridized carbons (Fsp3) is 0.364. The van der Waals surface area contributed by atoms with Crippen molar-refractivity contribution in [2.75, 3.05) is 6.61 Å². The van der Waals surface area contributed by atoms with Crippen LogP contribution in [0.15, 0.2) is 53.3 Å². The van der Waals surface area contributed by atoms with E-state index in [9.17, 15) is 17.9 Å². The molecule has 168 valence electrons. The summed E-state index contributed by atoms with van der Waals surface area (Å²) in [5.74, 6) is -0.354. The van der Waals surface area contributed by atoms with E-state index in [2.05, 4.69) is 10.2 Å². The first kappa shape index (κ1) is 21.0. The van der Waals surface area contributed by atoms with Gasteiger partial charge in [0.15, 0.2) is 5.03 Å². The van der Waals surface area contributed by atoms with Gasteiger partial charge >= 0.3 is 0 Å². The third-order valence-electron chi connectivity index (χ3n) is 6.60. The van der Waals surface area contributed by atoms with Crippen LogP contribution in [0.3, 0.4) is 0 Å². The lowest BCUT2D eigenvalue weighted by atomic mass is 9.64. The SMILES string of the molecule is Cn1ccc(S(=O)(=O)[C@@]2(F)CCC3=Cc4c(cnn4-c4ccc(F)cc4)C[C@]3(CO)C2)n1. The summed E-state index contributed by atoms with van der Waals surface area (Å²) in [5, 5.41) is 15.8. The van der Waals surface area contributed by atoms with E-state index < -0.39 is 20.3 Å². The molecule has 0 bridgehead atoms. The normalized spacial score (nSPS) is 25.2. The zero-order valence-electron chi connectivity index (χ0n) is 17.4. The largest absolute Gasteiger partial charge is 0.395 e. The summed E-state index contributed by atoms with van der Waals surface area (Å²) in [6, 6.07) is 7.21. The Balaban J connectivity index is 1.53. The van der Waals surface area contributed by atoms with Gasteiger partial charge in [-0.2, -0.15) is 10.2 Å². The maximum atomic E-state index is 16.1. The Morgan fingerprint density at radius 1 is 1.22 bits per heavy atom. The average Bonchev–Trinajstić information content (AvgIpc) is 3.38. The zero-order chi connectivity index (χ0) is 22.7. The number of rotatable bonds is 4. The Morgan fingerprint density at radius 3 is 2.62 bits per heavy atom. The Bertz CT molecular complexity index is 1330. The summed E-state index contributed by atoms with van der Waals surface area (Å²) in [5.41, 5.74) is 1.97. The molecule has 0 amide bonds. The molecule has 2 aliphatic rings. The molecular formula is C22H22F2N4O3S. The van der Waals surface area contributed by atoms with E-state index in [1.54, 1.807) is 30.1 Å². The van der Waals surface area contributed by atoms with Crippen molar-refractivity contribution in [2.24, 2.45) is 12.5 Å². The topological polar surface area (TPSA) is 90.0 Å². The first-order chi connectivity index (χ1) is 15.2. The quantitative estimate of drug-likeness (QED) is 0.647. The van der Waals surface area contributed by atoms with Crippen LogP contribution in [-0.2, 0) is 23.3 Å². The third-order valence-corrected chi connectivity index (χ3v) is 8.68. The molecule has 1 N–H and O–H groups in total. The van der Waals surface area contributed by atoms with Gasteiger partial charge in [-0.15, -0.1) is 0 Å². The van der Waals surface area contributed by atoms with Crippen molar-refractivity contribution in [1.82, 2.24) is 19.6 Å². The highest BCUT2D eigenvalue weighted by molar-refractivity contribution is 7.92. The number of alkyl halides is 1. The monoisotopic (exact) mass is 460 g/mol. The van der Waals surface area contributed by atoms with Crippen molar-refractivity contribution in [2.45, 2.75) is 35.7 Å². The Kier molecular flexibility index (Phi) is 4.65. The van der Waals surface area contributed by atoms with Crippen molar-refractivity contribution >= 4 is 15.9 Å². The molecule has 2 aromatic heterocycles. The lowest BCUT2D eigenvalue weighted by Gasteiger charge is -2.46. The van der Waals surface area contributed by atoms with E-state index >= 15 is 4.39 Å². The second-order valence-corrected chi connectivity index (χ2v) is 10.8. The lowest BCUT2D eigenvalue weighted by Crippen LogP contribution is -2.48. The molecule has 7 nitrogen and oxygen atoms in total. The molecule has 3 aromatic rings. The summed E-state index contributed by atoms with van der Waals surface area (Å²) in [6.07, 6.45) is 4.81. The highest BCUT2D eigenvalue weighted by atomic mass is 32.2. The van der Waals surface area contributed by atoms with Gasteiger partial charge in [0.2, 0.25) is 14.8 Å². The molecule has 0 radical (unpaired) electrons. The van der Waals surface area contributed by atoms with E-state index in [0.29, 0.717) is 5.69 Å². The summed E-state index contributed by atoms with van der Waals surface area (Å²) in [4.78, 5) is 0. The molecule has 1 saturated carbocycles. The summed E-state index contributed by atoms with van der Waals surface area (Å²) < 4.78 is 58.6. The molecule has 2 aliphatic carbocycles. The van der Waals surface area contributed by atoms with Gasteiger partial charge in [0.05, 0.1) is 24.2 Å². The molecule has 1 aromatic carbocycles. The number of aliphatic hydroxyl groups excluding tert-OH is 1. The summed E-state index contributed by atoms with van der Waals surface area (Å²) in [7, 11) is -2.78. The highest BCUT2D eigenvalue weighted by Crippen LogP contribution is 2.54. The number of halogens is 2. The van der Waals surface area contributed by atoms with Gasteiger partial charge in [-0.05, 0) is 54.8 Å². The Hall–Kier alpha value is -2.85. The maximum Gasteiger partial charge on any atom is 0.232 e. The summed E-state index contributed by atoms with van der Waals surface area (Å²) in [6.45, 7) is -0.386. The molecule has 32 heavy (non-hydrogen) atoms. The van der Waals surface area contributed by atoms with E-state index in [1.165, 1.54) is 29.1 Å². The Morgan fingerprint density at radius 2 is 1.97 bits per heavy atom. The first-order valence-corrected chi connectivity index (χ1v) is 11.7. The molecule has 1 fully saturated rings. The molecule has 10 heteroatoms. The van der Waals surface area contributed by atoms with Crippen LogP contribution in [0.5, 0.6) is 0 Å². The van der Waals surface area contributed by atoms with Gasteiger partial charge in [0.1, 0.15) is 5.82 Å². The van der Waals surface area contributed by atoms with E-state index in [0.717, 1.165) is 16.8 Å². The molecule has 2 atom stereocenters. The number of fused-ring (bicyclic) bond motifs is 2. The van der Waals surface area contributed by atoms with Gasteiger partial charge in [-0.25, -0.2) is 21.9 Å². The van der Waals surface area contributed by atoms with E-state index in [1.807, 2.05) is 6.08 Å². The number of benzene rings is 1. The number of aryl methyl sites for hydroxylation is 1. The van der Waals surface area contributed by atoms with Crippen molar-refractivity contribution in [3.05, 3.63) is 65.4 Å². The third kappa shape index (κ3) is 3.04. The highest BCUT2D eigenvalue weighted by Gasteiger charge is 2.57. The van der Waals surface area contributed by atoms with Crippen LogP contribution >= 0.6 is 0 Å². The molecule has 5 rings (SSSR count). The van der Waals surface area contributed by atoms with Gasteiger partial charge < -0.3 is 5.11 Å². The van der Waals surface area contributed by atoms with Gasteiger partial charge in [0.25, 0.3) is 0 Å². The number of hydrogen-bond donors (Lipinski definition) is 1. The number of sulfone groups is 1. The fourth-order valence-electron chi connectivity index (χ4n) is 4.86. The van der Waals surface area contributed by atoms with Crippen LogP contribution < -0.4 is 0 Å². The van der Waals surface area contributed by atoms with Crippen LogP contribution in [0.4, 0.5) is 8.78 Å². The number of hydrogen-bond acceptors (Lipinski definition) is 5. The molecule has 2 heterocycles. The molecular weight excluding hydrogens is 438 g/mol. The van der Waals surface area contributed by atoms with Gasteiger partial charge in [-0.3, -0.25) is 4.68 Å². The molecule has 0 spiro atoms. The molecule has 0 aliphatic heterocycles. The minimum absolute atomic E-state index is 0.178. The van der Waals surface area contributed by atoms with Crippen molar-refractivity contribution < 1.29 is 22.3 Å². The van der Waals surface area contributed by atoms with Crippen molar-refractivity contribution in [1.29, 1.82) is 0 Å². The average molecular weight is 461 g/mol. The standard InChI is InChI=1S/C22H22F2N4O3S/c1-27-9-7-20(26-27)32(30,31)22(24)8-6-16-10-19-15(11-21(16,13-22)14-29)12-25-28(19)18-4-2-17(23)3-5-18/h2-5,7,9-10,12,29H,6,8,11,13-14H2,1H3/t21-,22+/m1/s1. The number of aromatic nitrogens is 4. The van der Waals surface area contributed by atoms with Gasteiger partial charge in [0, 0.05) is 31.5 Å². The predicted octanol–water partition coefficient (Wildman–Crippen LogP) is 2.99. The minimum Gasteiger partial charge on any atom is -0.395 e. The first-order valence-electron chi connectivity index (χ1n) is 10.3. The van der Waals surface area contributed by atoms with Crippen LogP contribution in [0.2, 0.25) is 0 Å². The Labute approximate surface area is 183 Å². The zero-order valence-corrected chi connectivity index (χ0v) is 18.2. The summed E-state index contributed by atoms with van der Waals surface area (Å²) >= 11 is 0. The second-order valence-electron chi connectivity index (χ2n) is 8.62. The van der Waals surface area contributed by atoms with Gasteiger partial charge in [-0.1, -0.05) is 5.57 Å². The number of aliphatic hydroxyl groups is 1. The predicted molar refractivity (Wildman–Crippen MR) is 113 cm³/mol. The smallest absolute Gasteiger partial charge is 0.232 e. The minimum atomic E-state index is -4.35. The van der Waals surface area contributed by atoms with E-state index in [-0.39, 0.29) is 43.1 Å².